The lowest BCUT2D eigenvalue weighted by atomic mass is 9.98. The van der Waals surface area contributed by atoms with Crippen LogP contribution in [-0.4, -0.2) is 39.6 Å². The summed E-state index contributed by atoms with van der Waals surface area (Å²) in [4.78, 5) is 51.0. The molecule has 2 rings (SSSR count). The Morgan fingerprint density at radius 3 is 2.24 bits per heavy atom. The molecule has 2 amide bonds. The predicted molar refractivity (Wildman–Crippen MR) is 139 cm³/mol. The van der Waals surface area contributed by atoms with Gasteiger partial charge in [0.15, 0.2) is 0 Å². The van der Waals surface area contributed by atoms with Crippen LogP contribution in [0.3, 0.4) is 0 Å². The summed E-state index contributed by atoms with van der Waals surface area (Å²) in [6.45, 7) is 10.1. The van der Waals surface area contributed by atoms with Gasteiger partial charge in [-0.05, 0) is 36.7 Å². The number of unbranched alkanes of at least 4 members (excludes halogenated alkanes) is 2. The molecule has 1 aromatic carbocycles. The van der Waals surface area contributed by atoms with Crippen molar-refractivity contribution in [3.63, 3.8) is 0 Å². The Kier molecular flexibility index (Phi) is 12.1. The van der Waals surface area contributed by atoms with Crippen LogP contribution in [0.2, 0.25) is 0 Å². The molecule has 0 saturated carbocycles. The van der Waals surface area contributed by atoms with Crippen molar-refractivity contribution < 1.29 is 23.5 Å². The van der Waals surface area contributed by atoms with Gasteiger partial charge in [0.25, 0.3) is 5.89 Å². The second kappa shape index (κ2) is 15.0. The smallest absolute Gasteiger partial charge is 0.437 e. The molecule has 0 radical (unpaired) electrons. The van der Waals surface area contributed by atoms with Crippen LogP contribution in [0, 0.1) is 11.8 Å². The number of carbonyl (C=O) groups excluding carboxylic acids is 3. The zero-order valence-corrected chi connectivity index (χ0v) is 22.5. The monoisotopic (exact) mass is 516 g/mol. The molecule has 2 N–H and O–H groups in total. The summed E-state index contributed by atoms with van der Waals surface area (Å²) in [7, 11) is 0. The highest BCUT2D eigenvalue weighted by Crippen LogP contribution is 2.12. The number of ether oxygens (including phenoxy) is 1. The van der Waals surface area contributed by atoms with E-state index in [2.05, 4.69) is 15.7 Å². The van der Waals surface area contributed by atoms with Crippen LogP contribution in [-0.2, 0) is 22.7 Å². The fourth-order valence-corrected chi connectivity index (χ4v) is 3.79. The predicted octanol–water partition coefficient (Wildman–Crippen LogP) is 4.08. The number of hydrogen-bond acceptors (Lipinski definition) is 7. The minimum Gasteiger partial charge on any atom is -0.445 e. The number of nitrogens with zero attached hydrogens (tertiary/aromatic N) is 2. The second-order valence-electron chi connectivity index (χ2n) is 10.0. The first kappa shape index (κ1) is 29.8. The number of aromatic nitrogens is 2. The number of carbonyl (C=O) groups is 3. The van der Waals surface area contributed by atoms with Gasteiger partial charge in [0.1, 0.15) is 12.6 Å². The molecule has 1 aromatic heterocycles. The standard InChI is InChI=1S/C27H40N4O6/c1-6-7-11-14-31-27(35)37-25(30-31)23(32)21(15-18(2)3)28-24(33)22(16-19(4)5)29-26(34)36-17-20-12-9-8-10-13-20/h8-10,12-13,18-19,21-22H,6-7,11,14-17H2,1-5H3,(H,28,33)(H,29,34). The van der Waals surface area contributed by atoms with Crippen molar-refractivity contribution in [2.75, 3.05) is 0 Å². The van der Waals surface area contributed by atoms with Gasteiger partial charge in [0.05, 0.1) is 6.04 Å². The van der Waals surface area contributed by atoms with Crippen LogP contribution >= 0.6 is 0 Å². The van der Waals surface area contributed by atoms with Gasteiger partial charge in [-0.3, -0.25) is 9.59 Å². The number of hydrogen-bond donors (Lipinski definition) is 2. The third-order valence-corrected chi connectivity index (χ3v) is 5.66. The summed E-state index contributed by atoms with van der Waals surface area (Å²) in [6.07, 6.45) is 2.57. The van der Waals surface area contributed by atoms with Crippen LogP contribution in [0.25, 0.3) is 0 Å². The lowest BCUT2D eigenvalue weighted by molar-refractivity contribution is -0.124. The van der Waals surface area contributed by atoms with Crippen molar-refractivity contribution in [2.24, 2.45) is 11.8 Å². The highest BCUT2D eigenvalue weighted by atomic mass is 16.5. The van der Waals surface area contributed by atoms with Gasteiger partial charge in [0, 0.05) is 6.54 Å². The number of aryl methyl sites for hydroxylation is 1. The number of benzene rings is 1. The molecule has 2 unspecified atom stereocenters. The topological polar surface area (TPSA) is 133 Å². The lowest BCUT2D eigenvalue weighted by Crippen LogP contribution is -2.52. The number of alkyl carbamates (subject to hydrolysis) is 1. The van der Waals surface area contributed by atoms with Gasteiger partial charge in [0.2, 0.25) is 11.7 Å². The summed E-state index contributed by atoms with van der Waals surface area (Å²) in [6, 6.07) is 7.33. The summed E-state index contributed by atoms with van der Waals surface area (Å²) in [5.41, 5.74) is 0.820. The molecule has 0 saturated heterocycles. The van der Waals surface area contributed by atoms with E-state index in [1.54, 1.807) is 0 Å². The largest absolute Gasteiger partial charge is 0.445 e. The van der Waals surface area contributed by atoms with E-state index in [1.165, 1.54) is 0 Å². The number of Topliss-reactive ketones (excluding diaryl/α,β-unsaturated/α-hetero) is 1. The molecule has 0 spiro atoms. The minimum absolute atomic E-state index is 0.0555. The molecule has 204 valence electrons. The maximum atomic E-state index is 13.2. The third kappa shape index (κ3) is 10.2. The van der Waals surface area contributed by atoms with E-state index < -0.39 is 35.6 Å². The molecule has 0 aliphatic rings. The van der Waals surface area contributed by atoms with E-state index in [1.807, 2.05) is 65.0 Å². The normalized spacial score (nSPS) is 12.8. The first-order chi connectivity index (χ1) is 17.6. The van der Waals surface area contributed by atoms with Gasteiger partial charge in [-0.1, -0.05) is 77.8 Å². The average Bonchev–Trinajstić information content (AvgIpc) is 3.22. The molecular weight excluding hydrogens is 476 g/mol. The fourth-order valence-electron chi connectivity index (χ4n) is 3.79. The van der Waals surface area contributed by atoms with Crippen molar-refractivity contribution in [1.29, 1.82) is 0 Å². The third-order valence-electron chi connectivity index (χ3n) is 5.66. The molecule has 10 nitrogen and oxygen atoms in total. The van der Waals surface area contributed by atoms with E-state index in [4.69, 9.17) is 9.15 Å². The average molecular weight is 517 g/mol. The minimum atomic E-state index is -0.966. The molecule has 0 aliphatic carbocycles. The van der Waals surface area contributed by atoms with Gasteiger partial charge in [-0.25, -0.2) is 9.59 Å². The fraction of sp³-hybridized carbons (Fsp3) is 0.593. The SMILES string of the molecule is CCCCCn1nc(C(=O)C(CC(C)C)NC(=O)C(CC(C)C)NC(=O)OCc2ccccc2)oc1=O. The summed E-state index contributed by atoms with van der Waals surface area (Å²) < 4.78 is 11.5. The Bertz CT molecular complexity index is 1060. The number of nitrogens with one attached hydrogen (secondary N) is 2. The Morgan fingerprint density at radius 2 is 1.62 bits per heavy atom. The second-order valence-corrected chi connectivity index (χ2v) is 10.0. The first-order valence-corrected chi connectivity index (χ1v) is 13.0. The first-order valence-electron chi connectivity index (χ1n) is 13.0. The molecule has 37 heavy (non-hydrogen) atoms. The molecule has 0 aliphatic heterocycles. The molecule has 2 aromatic rings. The van der Waals surface area contributed by atoms with E-state index in [9.17, 15) is 19.2 Å². The summed E-state index contributed by atoms with van der Waals surface area (Å²) in [5, 5.41) is 9.42. The molecular formula is C27H40N4O6. The van der Waals surface area contributed by atoms with Crippen molar-refractivity contribution in [2.45, 2.75) is 92.0 Å². The van der Waals surface area contributed by atoms with Gasteiger partial charge in [-0.2, -0.15) is 4.68 Å². The highest BCUT2D eigenvalue weighted by molar-refractivity contribution is 5.99. The zero-order valence-electron chi connectivity index (χ0n) is 22.5. The van der Waals surface area contributed by atoms with Crippen molar-refractivity contribution in [3.05, 3.63) is 52.3 Å². The van der Waals surface area contributed by atoms with Crippen molar-refractivity contribution >= 4 is 17.8 Å². The van der Waals surface area contributed by atoms with Crippen molar-refractivity contribution in [1.82, 2.24) is 20.4 Å². The highest BCUT2D eigenvalue weighted by Gasteiger charge is 2.31. The van der Waals surface area contributed by atoms with Crippen LogP contribution in [0.1, 0.15) is 83.0 Å². The maximum absolute atomic E-state index is 13.2. The Labute approximate surface area is 218 Å². The van der Waals surface area contributed by atoms with Crippen LogP contribution in [0.4, 0.5) is 4.79 Å². The molecule has 1 heterocycles. The van der Waals surface area contributed by atoms with E-state index in [-0.39, 0.29) is 24.3 Å². The van der Waals surface area contributed by atoms with Gasteiger partial charge >= 0.3 is 11.8 Å². The molecule has 2 atom stereocenters. The Morgan fingerprint density at radius 1 is 0.973 bits per heavy atom. The van der Waals surface area contributed by atoms with E-state index in [0.717, 1.165) is 29.5 Å². The van der Waals surface area contributed by atoms with Gasteiger partial charge in [-0.15, -0.1) is 5.10 Å². The summed E-state index contributed by atoms with van der Waals surface area (Å²) >= 11 is 0. The van der Waals surface area contributed by atoms with Gasteiger partial charge < -0.3 is 19.8 Å². The molecule has 10 heteroatoms. The number of ketones is 1. The van der Waals surface area contributed by atoms with E-state index >= 15 is 0 Å². The zero-order chi connectivity index (χ0) is 27.4. The molecule has 0 fully saturated rings. The van der Waals surface area contributed by atoms with Crippen molar-refractivity contribution in [3.8, 4) is 0 Å². The maximum Gasteiger partial charge on any atom is 0.437 e. The lowest BCUT2D eigenvalue weighted by Gasteiger charge is -2.24. The number of rotatable bonds is 15. The van der Waals surface area contributed by atoms with Crippen LogP contribution < -0.4 is 16.4 Å². The van der Waals surface area contributed by atoms with Crippen LogP contribution in [0.5, 0.6) is 0 Å². The van der Waals surface area contributed by atoms with E-state index in [0.29, 0.717) is 19.4 Å². The van der Waals surface area contributed by atoms with Crippen LogP contribution in [0.15, 0.2) is 39.5 Å². The Hall–Kier alpha value is -3.43. The summed E-state index contributed by atoms with van der Waals surface area (Å²) in [5.74, 6) is -1.99. The quantitative estimate of drug-likeness (QED) is 0.269. The molecule has 0 bridgehead atoms. The Balaban J connectivity index is 2.11. The number of amides is 2.